The van der Waals surface area contributed by atoms with E-state index in [-0.39, 0.29) is 28.7 Å². The summed E-state index contributed by atoms with van der Waals surface area (Å²) in [5.74, 6) is -2.00. The second-order valence-corrected chi connectivity index (χ2v) is 5.95. The lowest BCUT2D eigenvalue weighted by molar-refractivity contribution is 0.0695. The van der Waals surface area contributed by atoms with Crippen LogP contribution in [0.5, 0.6) is 5.75 Å². The zero-order valence-corrected chi connectivity index (χ0v) is 13.7. The van der Waals surface area contributed by atoms with Crippen molar-refractivity contribution in [3.8, 4) is 5.75 Å². The first-order valence-corrected chi connectivity index (χ1v) is 7.97. The molecule has 1 N–H and O–H groups in total. The van der Waals surface area contributed by atoms with Crippen molar-refractivity contribution in [3.05, 3.63) is 65.0 Å². The number of likely N-dealkylation sites (tertiary alicyclic amines) is 1. The van der Waals surface area contributed by atoms with E-state index in [4.69, 9.17) is 4.74 Å². The first-order valence-electron chi connectivity index (χ1n) is 7.97. The maximum absolute atomic E-state index is 13.8. The summed E-state index contributed by atoms with van der Waals surface area (Å²) >= 11 is 0. The molecule has 0 spiro atoms. The van der Waals surface area contributed by atoms with Crippen molar-refractivity contribution in [2.24, 2.45) is 0 Å². The molecular formula is C19H18FNO4. The third kappa shape index (κ3) is 3.20. The molecule has 1 aliphatic heterocycles. The topological polar surface area (TPSA) is 66.8 Å². The molecule has 0 bridgehead atoms. The fourth-order valence-electron chi connectivity index (χ4n) is 3.30. The van der Waals surface area contributed by atoms with Crippen molar-refractivity contribution in [1.82, 2.24) is 4.90 Å². The summed E-state index contributed by atoms with van der Waals surface area (Å²) in [5.41, 5.74) is 1.15. The van der Waals surface area contributed by atoms with Gasteiger partial charge in [0.1, 0.15) is 0 Å². The Kier molecular flexibility index (Phi) is 4.70. The number of hydrogen-bond donors (Lipinski definition) is 1. The molecule has 0 radical (unpaired) electrons. The molecule has 1 fully saturated rings. The van der Waals surface area contributed by atoms with Crippen LogP contribution in [0.4, 0.5) is 4.39 Å². The fraction of sp³-hybridized carbons (Fsp3) is 0.263. The Hall–Kier alpha value is -2.89. The molecule has 2 aromatic carbocycles. The van der Waals surface area contributed by atoms with Crippen LogP contribution in [-0.2, 0) is 0 Å². The molecule has 25 heavy (non-hydrogen) atoms. The van der Waals surface area contributed by atoms with Crippen molar-refractivity contribution in [2.75, 3.05) is 20.2 Å². The van der Waals surface area contributed by atoms with Gasteiger partial charge < -0.3 is 14.7 Å². The van der Waals surface area contributed by atoms with Crippen LogP contribution in [0.15, 0.2) is 42.5 Å². The number of methoxy groups -OCH3 is 1. The molecule has 3 rings (SSSR count). The van der Waals surface area contributed by atoms with E-state index in [1.54, 1.807) is 29.2 Å². The van der Waals surface area contributed by atoms with E-state index in [1.165, 1.54) is 25.3 Å². The van der Waals surface area contributed by atoms with Crippen LogP contribution in [0.2, 0.25) is 0 Å². The van der Waals surface area contributed by atoms with E-state index in [2.05, 4.69) is 0 Å². The number of halogens is 1. The van der Waals surface area contributed by atoms with Gasteiger partial charge in [-0.25, -0.2) is 9.18 Å². The number of carboxylic acid groups (broad SMARTS) is 1. The van der Waals surface area contributed by atoms with E-state index in [0.717, 1.165) is 5.56 Å². The molecule has 1 heterocycles. The summed E-state index contributed by atoms with van der Waals surface area (Å²) < 4.78 is 18.8. The molecule has 130 valence electrons. The quantitative estimate of drug-likeness (QED) is 0.926. The molecule has 5 nitrogen and oxygen atoms in total. The summed E-state index contributed by atoms with van der Waals surface area (Å²) in [5, 5.41) is 9.34. The van der Waals surface area contributed by atoms with Gasteiger partial charge in [0, 0.05) is 19.0 Å². The summed E-state index contributed by atoms with van der Waals surface area (Å²) in [7, 11) is 1.32. The van der Waals surface area contributed by atoms with E-state index in [9.17, 15) is 19.1 Å². The number of nitrogens with zero attached hydrogens (tertiary/aromatic N) is 1. The summed E-state index contributed by atoms with van der Waals surface area (Å²) in [6.07, 6.45) is 0.660. The monoisotopic (exact) mass is 343 g/mol. The molecule has 0 aromatic heterocycles. The number of ether oxygens (including phenoxy) is 1. The summed E-state index contributed by atoms with van der Waals surface area (Å²) in [6.45, 7) is 0.875. The highest BCUT2D eigenvalue weighted by Crippen LogP contribution is 2.32. The zero-order chi connectivity index (χ0) is 18.0. The average Bonchev–Trinajstić information content (AvgIpc) is 3.10. The minimum Gasteiger partial charge on any atom is -0.493 e. The van der Waals surface area contributed by atoms with Crippen LogP contribution >= 0.6 is 0 Å². The summed E-state index contributed by atoms with van der Waals surface area (Å²) in [4.78, 5) is 25.7. The zero-order valence-electron chi connectivity index (χ0n) is 13.7. The van der Waals surface area contributed by atoms with Gasteiger partial charge >= 0.3 is 5.97 Å². The number of amides is 1. The second-order valence-electron chi connectivity index (χ2n) is 5.95. The predicted octanol–water partition coefficient (Wildman–Crippen LogP) is 3.16. The van der Waals surface area contributed by atoms with Crippen LogP contribution in [0, 0.1) is 5.82 Å². The van der Waals surface area contributed by atoms with Crippen LogP contribution < -0.4 is 4.74 Å². The highest BCUT2D eigenvalue weighted by atomic mass is 19.1. The lowest BCUT2D eigenvalue weighted by Crippen LogP contribution is -2.29. The van der Waals surface area contributed by atoms with Crippen LogP contribution in [-0.4, -0.2) is 42.1 Å². The Balaban J connectivity index is 1.83. The Morgan fingerprint density at radius 1 is 1.16 bits per heavy atom. The number of benzene rings is 2. The Morgan fingerprint density at radius 3 is 2.60 bits per heavy atom. The number of carbonyl (C=O) groups is 2. The van der Waals surface area contributed by atoms with Gasteiger partial charge in [-0.3, -0.25) is 4.79 Å². The number of rotatable bonds is 4. The number of carbonyl (C=O) groups excluding carboxylic acids is 1. The van der Waals surface area contributed by atoms with Crippen LogP contribution in [0.1, 0.15) is 38.6 Å². The van der Waals surface area contributed by atoms with Gasteiger partial charge in [-0.2, -0.15) is 0 Å². The predicted molar refractivity (Wildman–Crippen MR) is 89.6 cm³/mol. The number of hydrogen-bond acceptors (Lipinski definition) is 3. The lowest BCUT2D eigenvalue weighted by atomic mass is 9.93. The molecule has 2 aromatic rings. The highest BCUT2D eigenvalue weighted by molar-refractivity contribution is 5.97. The number of aromatic carboxylic acids is 1. The smallest absolute Gasteiger partial charge is 0.335 e. The number of para-hydroxylation sites is 1. The third-order valence-electron chi connectivity index (χ3n) is 4.51. The highest BCUT2D eigenvalue weighted by Gasteiger charge is 2.31. The van der Waals surface area contributed by atoms with Crippen molar-refractivity contribution in [2.45, 2.75) is 12.3 Å². The van der Waals surface area contributed by atoms with Gasteiger partial charge in [0.05, 0.1) is 18.2 Å². The average molecular weight is 343 g/mol. The molecular weight excluding hydrogens is 325 g/mol. The van der Waals surface area contributed by atoms with E-state index in [0.29, 0.717) is 19.5 Å². The van der Waals surface area contributed by atoms with Gasteiger partial charge in [0.15, 0.2) is 11.6 Å². The molecule has 1 aliphatic rings. The minimum atomic E-state index is -0.979. The first kappa shape index (κ1) is 17.0. The largest absolute Gasteiger partial charge is 0.493 e. The van der Waals surface area contributed by atoms with Gasteiger partial charge in [-0.1, -0.05) is 24.3 Å². The standard InChI is InChI=1S/C19H18FNO4/c1-25-17-15(7-4-8-16(17)20)18(22)21-10-9-12(11-21)13-5-2-3-6-14(13)19(23)24/h2-8,12H,9-11H2,1H3,(H,23,24)/t12-/m0/s1. The molecule has 0 saturated carbocycles. The molecule has 1 saturated heterocycles. The van der Waals surface area contributed by atoms with Crippen molar-refractivity contribution < 1.29 is 23.8 Å². The molecule has 0 unspecified atom stereocenters. The second kappa shape index (κ2) is 6.93. The molecule has 1 atom stereocenters. The van der Waals surface area contributed by atoms with Crippen LogP contribution in [0.25, 0.3) is 0 Å². The fourth-order valence-corrected chi connectivity index (χ4v) is 3.30. The summed E-state index contributed by atoms with van der Waals surface area (Å²) in [6, 6.07) is 11.1. The van der Waals surface area contributed by atoms with Gasteiger partial charge in [0.2, 0.25) is 0 Å². The normalized spacial score (nSPS) is 16.7. The minimum absolute atomic E-state index is 0.0594. The van der Waals surface area contributed by atoms with E-state index in [1.807, 2.05) is 0 Å². The Morgan fingerprint density at radius 2 is 1.88 bits per heavy atom. The van der Waals surface area contributed by atoms with Crippen molar-refractivity contribution >= 4 is 11.9 Å². The molecule has 1 amide bonds. The van der Waals surface area contributed by atoms with Crippen molar-refractivity contribution in [1.29, 1.82) is 0 Å². The maximum atomic E-state index is 13.8. The SMILES string of the molecule is COc1c(F)cccc1C(=O)N1CC[C@H](c2ccccc2C(=O)O)C1. The van der Waals surface area contributed by atoms with E-state index < -0.39 is 11.8 Å². The Labute approximate surface area is 144 Å². The first-order chi connectivity index (χ1) is 12.0. The van der Waals surface area contributed by atoms with E-state index >= 15 is 0 Å². The van der Waals surface area contributed by atoms with Gasteiger partial charge in [0.25, 0.3) is 5.91 Å². The Bertz CT molecular complexity index is 821. The van der Waals surface area contributed by atoms with Crippen LogP contribution in [0.3, 0.4) is 0 Å². The van der Waals surface area contributed by atoms with Gasteiger partial charge in [-0.15, -0.1) is 0 Å². The maximum Gasteiger partial charge on any atom is 0.335 e. The van der Waals surface area contributed by atoms with Gasteiger partial charge in [-0.05, 0) is 30.2 Å². The third-order valence-corrected chi connectivity index (χ3v) is 4.51. The lowest BCUT2D eigenvalue weighted by Gasteiger charge is -2.19. The van der Waals surface area contributed by atoms with Crippen molar-refractivity contribution in [3.63, 3.8) is 0 Å². The number of carboxylic acids is 1. The molecule has 0 aliphatic carbocycles. The molecule has 6 heteroatoms.